The molecule has 0 saturated heterocycles. The molecule has 1 aromatic carbocycles. The first kappa shape index (κ1) is 28.6. The highest BCUT2D eigenvalue weighted by Crippen LogP contribution is 2.36. The number of rotatable bonds is 15. The van der Waals surface area contributed by atoms with Crippen molar-refractivity contribution in [2.45, 2.75) is 83.2 Å². The monoisotopic (exact) mass is 551 g/mol. The number of esters is 1. The molecule has 0 radical (unpaired) electrons. The molecule has 2 heterocycles. The largest absolute Gasteiger partial charge is 0.462 e. The summed E-state index contributed by atoms with van der Waals surface area (Å²) in [7, 11) is 0. The van der Waals surface area contributed by atoms with E-state index < -0.39 is 11.7 Å². The Morgan fingerprint density at radius 3 is 2.19 bits per heavy atom. The van der Waals surface area contributed by atoms with Gasteiger partial charge in [0.15, 0.2) is 10.8 Å². The molecule has 6 nitrogen and oxygen atoms in total. The summed E-state index contributed by atoms with van der Waals surface area (Å²) in [6.45, 7) is 4.16. The van der Waals surface area contributed by atoms with Crippen LogP contribution in [0.3, 0.4) is 0 Å². The lowest BCUT2D eigenvalue weighted by molar-refractivity contribution is 0.0529. The van der Waals surface area contributed by atoms with Crippen molar-refractivity contribution in [3.05, 3.63) is 50.5 Å². The average Bonchev–Trinajstić information content (AvgIpc) is 3.15. The summed E-state index contributed by atoms with van der Waals surface area (Å²) in [5.41, 5.74) is 0.980. The molecule has 36 heavy (non-hydrogen) atoms. The van der Waals surface area contributed by atoms with Gasteiger partial charge in [-0.3, -0.25) is 4.98 Å². The Balaban J connectivity index is 1.70. The molecule has 0 saturated carbocycles. The van der Waals surface area contributed by atoms with Crippen LogP contribution >= 0.6 is 35.0 Å². The lowest BCUT2D eigenvalue weighted by Gasteiger charge is -2.06. The molecule has 196 valence electrons. The molecule has 0 spiro atoms. The van der Waals surface area contributed by atoms with Crippen molar-refractivity contribution in [3.63, 3.8) is 0 Å². The number of hydrogen-bond acceptors (Lipinski definition) is 5. The molecule has 0 atom stereocenters. The fourth-order valence-corrected chi connectivity index (χ4v) is 5.54. The number of halogens is 2. The second kappa shape index (κ2) is 14.7. The van der Waals surface area contributed by atoms with Crippen LogP contribution in [0.1, 0.15) is 88.4 Å². The van der Waals surface area contributed by atoms with E-state index in [1.54, 1.807) is 31.2 Å². The fourth-order valence-electron chi connectivity index (χ4n) is 4.20. The number of aromatic amines is 1. The van der Waals surface area contributed by atoms with Crippen LogP contribution in [0.15, 0.2) is 34.2 Å². The first-order valence-electron chi connectivity index (χ1n) is 12.9. The number of carbonyl (C=O) groups is 1. The Bertz CT molecular complexity index is 1190. The molecule has 0 aliphatic rings. The lowest BCUT2D eigenvalue weighted by Crippen LogP contribution is -2.19. The van der Waals surface area contributed by atoms with Crippen molar-refractivity contribution < 1.29 is 9.53 Å². The molecule has 1 N–H and O–H groups in total. The predicted molar refractivity (Wildman–Crippen MR) is 150 cm³/mol. The van der Waals surface area contributed by atoms with Crippen LogP contribution in [0.25, 0.3) is 16.8 Å². The standard InChI is InChI=1S/C27H35Cl2N3O3S/c1-3-5-6-7-8-9-10-11-12-13-18-36-26-30-24-22(25(33)35-4-2)21(19-14-16-20(28)17-15-19)23(29)32(24)27(34)31-26/h14-17H,3-13,18H2,1-2H3,(H,30,31,34). The van der Waals surface area contributed by atoms with Crippen molar-refractivity contribution in [2.75, 3.05) is 12.4 Å². The minimum Gasteiger partial charge on any atom is -0.462 e. The molecule has 3 aromatic rings. The molecule has 0 unspecified atom stereocenters. The number of thioether (sulfide) groups is 1. The summed E-state index contributed by atoms with van der Waals surface area (Å²) in [4.78, 5) is 33.3. The molecule has 0 fully saturated rings. The van der Waals surface area contributed by atoms with Crippen LogP contribution in [0.4, 0.5) is 0 Å². The van der Waals surface area contributed by atoms with E-state index >= 15 is 0 Å². The van der Waals surface area contributed by atoms with Crippen LogP contribution in [0.2, 0.25) is 10.2 Å². The summed E-state index contributed by atoms with van der Waals surface area (Å²) < 4.78 is 6.52. The van der Waals surface area contributed by atoms with E-state index in [1.165, 1.54) is 67.5 Å². The van der Waals surface area contributed by atoms with Gasteiger partial charge in [-0.25, -0.2) is 19.0 Å². The number of H-pyrrole nitrogens is 1. The average molecular weight is 553 g/mol. The zero-order chi connectivity index (χ0) is 25.9. The number of hydrogen-bond donors (Lipinski definition) is 1. The second-order valence-corrected chi connectivity index (χ2v) is 10.7. The zero-order valence-corrected chi connectivity index (χ0v) is 23.4. The highest BCUT2D eigenvalue weighted by molar-refractivity contribution is 7.99. The van der Waals surface area contributed by atoms with Crippen molar-refractivity contribution >= 4 is 46.6 Å². The fraction of sp³-hybridized carbons (Fsp3) is 0.519. The van der Waals surface area contributed by atoms with Gasteiger partial charge in [0, 0.05) is 16.3 Å². The van der Waals surface area contributed by atoms with Gasteiger partial charge >= 0.3 is 11.7 Å². The minimum atomic E-state index is -0.574. The third-order valence-electron chi connectivity index (χ3n) is 6.06. The van der Waals surface area contributed by atoms with Gasteiger partial charge in [0.1, 0.15) is 10.7 Å². The molecule has 0 amide bonds. The molecule has 2 aromatic heterocycles. The minimum absolute atomic E-state index is 0.107. The number of fused-ring (bicyclic) bond motifs is 1. The van der Waals surface area contributed by atoms with Gasteiger partial charge < -0.3 is 4.74 Å². The molecular weight excluding hydrogens is 517 g/mol. The Hall–Kier alpha value is -1.96. The maximum absolute atomic E-state index is 12.9. The van der Waals surface area contributed by atoms with Gasteiger partial charge in [-0.05, 0) is 31.0 Å². The van der Waals surface area contributed by atoms with Crippen LogP contribution in [0, 0.1) is 0 Å². The van der Waals surface area contributed by atoms with E-state index in [2.05, 4.69) is 16.9 Å². The van der Waals surface area contributed by atoms with Crippen LogP contribution in [-0.2, 0) is 4.74 Å². The van der Waals surface area contributed by atoms with E-state index in [4.69, 9.17) is 27.9 Å². The van der Waals surface area contributed by atoms with Gasteiger partial charge in [-0.15, -0.1) is 0 Å². The molecule has 0 aliphatic carbocycles. The number of benzene rings is 1. The van der Waals surface area contributed by atoms with E-state index in [1.807, 2.05) is 0 Å². The maximum atomic E-state index is 12.9. The van der Waals surface area contributed by atoms with Crippen LogP contribution in [-0.4, -0.2) is 32.7 Å². The second-order valence-electron chi connectivity index (χ2n) is 8.80. The van der Waals surface area contributed by atoms with Gasteiger partial charge in [-0.2, -0.15) is 0 Å². The quantitative estimate of drug-likeness (QED) is 0.117. The van der Waals surface area contributed by atoms with Gasteiger partial charge in [-0.1, -0.05) is 112 Å². The van der Waals surface area contributed by atoms with Crippen molar-refractivity contribution in [1.82, 2.24) is 14.4 Å². The van der Waals surface area contributed by atoms with E-state index in [9.17, 15) is 9.59 Å². The summed E-state index contributed by atoms with van der Waals surface area (Å²) in [6.07, 6.45) is 12.7. The lowest BCUT2D eigenvalue weighted by atomic mass is 10.0. The molecule has 0 aliphatic heterocycles. The number of ether oxygens (including phenoxy) is 1. The van der Waals surface area contributed by atoms with Gasteiger partial charge in [0.05, 0.1) is 6.61 Å². The molecule has 3 rings (SSSR count). The van der Waals surface area contributed by atoms with Crippen LogP contribution < -0.4 is 5.69 Å². The number of nitrogens with one attached hydrogen (secondary N) is 1. The summed E-state index contributed by atoms with van der Waals surface area (Å²) in [6, 6.07) is 6.91. The van der Waals surface area contributed by atoms with Crippen molar-refractivity contribution in [2.24, 2.45) is 0 Å². The Labute approximate surface area is 227 Å². The SMILES string of the molecule is CCCCCCCCCCCCSc1nc2c(C(=O)OCC)c(-c3ccc(Cl)cc3)c(Cl)n2c(=O)[nH]1. The number of aromatic nitrogens is 3. The summed E-state index contributed by atoms with van der Waals surface area (Å²) in [5.74, 6) is 0.263. The zero-order valence-electron chi connectivity index (χ0n) is 21.1. The Morgan fingerprint density at radius 1 is 0.972 bits per heavy atom. The van der Waals surface area contributed by atoms with Gasteiger partial charge in [0.2, 0.25) is 0 Å². The molecular formula is C27H35Cl2N3O3S. The Morgan fingerprint density at radius 2 is 1.58 bits per heavy atom. The predicted octanol–water partition coefficient (Wildman–Crippen LogP) is 8.19. The number of carbonyl (C=O) groups excluding carboxylic acids is 1. The topological polar surface area (TPSA) is 76.5 Å². The van der Waals surface area contributed by atoms with E-state index in [0.717, 1.165) is 18.6 Å². The highest BCUT2D eigenvalue weighted by Gasteiger charge is 2.28. The van der Waals surface area contributed by atoms with E-state index in [0.29, 0.717) is 21.3 Å². The first-order chi connectivity index (χ1) is 17.5. The van der Waals surface area contributed by atoms with E-state index in [-0.39, 0.29) is 23.0 Å². The number of nitrogens with zero attached hydrogens (tertiary/aromatic N) is 2. The maximum Gasteiger partial charge on any atom is 0.342 e. The van der Waals surface area contributed by atoms with Gasteiger partial charge in [0.25, 0.3) is 0 Å². The first-order valence-corrected chi connectivity index (χ1v) is 14.6. The summed E-state index contributed by atoms with van der Waals surface area (Å²) >= 11 is 14.1. The Kier molecular flexibility index (Phi) is 11.7. The molecule has 9 heteroatoms. The van der Waals surface area contributed by atoms with Crippen molar-refractivity contribution in [3.8, 4) is 11.1 Å². The molecule has 0 bridgehead atoms. The third-order valence-corrected chi connectivity index (χ3v) is 7.63. The third kappa shape index (κ3) is 7.53. The van der Waals surface area contributed by atoms with Crippen LogP contribution in [0.5, 0.6) is 0 Å². The number of unbranched alkanes of at least 4 members (excludes halogenated alkanes) is 9. The smallest absolute Gasteiger partial charge is 0.342 e. The summed E-state index contributed by atoms with van der Waals surface area (Å²) in [5, 5.41) is 1.12. The highest BCUT2D eigenvalue weighted by atomic mass is 35.5. The normalized spacial score (nSPS) is 11.3. The van der Waals surface area contributed by atoms with Crippen molar-refractivity contribution in [1.29, 1.82) is 0 Å².